The summed E-state index contributed by atoms with van der Waals surface area (Å²) in [6.07, 6.45) is 1.93. The average molecular weight is 311 g/mol. The van der Waals surface area contributed by atoms with Crippen molar-refractivity contribution in [2.45, 2.75) is 58.6 Å². The second kappa shape index (κ2) is 7.36. The first kappa shape index (κ1) is 18.1. The SMILES string of the molecule is C=C[Si](C)(C)C[C@@]1(OCC)N=C[C@@H](C(C)C)N=C1OCC. The third kappa shape index (κ3) is 4.51. The van der Waals surface area contributed by atoms with Gasteiger partial charge in [0.2, 0.25) is 11.6 Å². The van der Waals surface area contributed by atoms with E-state index in [9.17, 15) is 0 Å². The number of hydrogen-bond acceptors (Lipinski definition) is 4. The van der Waals surface area contributed by atoms with Gasteiger partial charge < -0.3 is 9.47 Å². The molecule has 120 valence electrons. The molecule has 0 saturated heterocycles. The van der Waals surface area contributed by atoms with E-state index in [1.54, 1.807) is 0 Å². The molecule has 21 heavy (non-hydrogen) atoms. The second-order valence-corrected chi connectivity index (χ2v) is 11.2. The van der Waals surface area contributed by atoms with Crippen molar-refractivity contribution in [2.24, 2.45) is 15.9 Å². The Morgan fingerprint density at radius 1 is 1.38 bits per heavy atom. The van der Waals surface area contributed by atoms with Crippen molar-refractivity contribution in [1.82, 2.24) is 0 Å². The molecule has 2 atom stereocenters. The van der Waals surface area contributed by atoms with Gasteiger partial charge in [-0.3, -0.25) is 4.99 Å². The van der Waals surface area contributed by atoms with Gasteiger partial charge in [-0.2, -0.15) is 0 Å². The van der Waals surface area contributed by atoms with Crippen LogP contribution in [0.3, 0.4) is 0 Å². The summed E-state index contributed by atoms with van der Waals surface area (Å²) in [5.41, 5.74) is 1.31. The topological polar surface area (TPSA) is 43.2 Å². The van der Waals surface area contributed by atoms with Crippen LogP contribution in [-0.2, 0) is 9.47 Å². The molecule has 0 fully saturated rings. The lowest BCUT2D eigenvalue weighted by atomic mass is 10.0. The van der Waals surface area contributed by atoms with E-state index in [0.717, 1.165) is 6.04 Å². The smallest absolute Gasteiger partial charge is 0.240 e. The van der Waals surface area contributed by atoms with Crippen molar-refractivity contribution in [3.05, 3.63) is 12.3 Å². The fraction of sp³-hybridized carbons (Fsp3) is 0.750. The zero-order chi connectivity index (χ0) is 16.1. The molecule has 0 radical (unpaired) electrons. The molecule has 4 nitrogen and oxygen atoms in total. The van der Waals surface area contributed by atoms with Crippen LogP contribution in [-0.4, -0.2) is 45.2 Å². The Hall–Kier alpha value is -0.943. The zero-order valence-corrected chi connectivity index (χ0v) is 15.3. The third-order valence-electron chi connectivity index (χ3n) is 3.63. The fourth-order valence-electron chi connectivity index (χ4n) is 2.33. The van der Waals surface area contributed by atoms with E-state index in [1.807, 2.05) is 20.1 Å². The molecule has 0 aliphatic carbocycles. The number of rotatable bonds is 7. The van der Waals surface area contributed by atoms with Gasteiger partial charge in [0.05, 0.1) is 20.7 Å². The van der Waals surface area contributed by atoms with Crippen LogP contribution in [0.4, 0.5) is 0 Å². The van der Waals surface area contributed by atoms with Crippen molar-refractivity contribution in [2.75, 3.05) is 13.2 Å². The number of nitrogens with zero attached hydrogens (tertiary/aromatic N) is 2. The summed E-state index contributed by atoms with van der Waals surface area (Å²) in [5.74, 6) is 1.03. The largest absolute Gasteiger partial charge is 0.478 e. The van der Waals surface area contributed by atoms with Crippen LogP contribution in [0, 0.1) is 5.92 Å². The molecule has 0 unspecified atom stereocenters. The minimum absolute atomic E-state index is 0.0636. The Labute approximate surface area is 130 Å². The molecular formula is C16H30N2O2Si. The highest BCUT2D eigenvalue weighted by atomic mass is 28.3. The minimum Gasteiger partial charge on any atom is -0.478 e. The van der Waals surface area contributed by atoms with Crippen LogP contribution in [0.5, 0.6) is 0 Å². The Kier molecular flexibility index (Phi) is 6.35. The van der Waals surface area contributed by atoms with Gasteiger partial charge in [-0.1, -0.05) is 26.9 Å². The lowest BCUT2D eigenvalue weighted by Crippen LogP contribution is -2.50. The molecule has 5 heteroatoms. The van der Waals surface area contributed by atoms with E-state index in [0.29, 0.717) is 25.0 Å². The van der Waals surface area contributed by atoms with E-state index in [1.165, 1.54) is 0 Å². The van der Waals surface area contributed by atoms with Gasteiger partial charge in [-0.25, -0.2) is 4.99 Å². The predicted octanol–water partition coefficient (Wildman–Crippen LogP) is 3.70. The maximum absolute atomic E-state index is 6.03. The molecule has 0 spiro atoms. The summed E-state index contributed by atoms with van der Waals surface area (Å²) in [6.45, 7) is 17.9. The molecule has 1 aliphatic heterocycles. The molecule has 0 amide bonds. The quantitative estimate of drug-likeness (QED) is 0.673. The van der Waals surface area contributed by atoms with Crippen LogP contribution in [0.2, 0.25) is 19.1 Å². The maximum atomic E-state index is 6.03. The monoisotopic (exact) mass is 310 g/mol. The molecule has 1 aliphatic rings. The highest BCUT2D eigenvalue weighted by molar-refractivity contribution is 6.82. The summed E-state index contributed by atoms with van der Waals surface area (Å²) < 4.78 is 11.9. The normalized spacial score (nSPS) is 25.9. The molecule has 0 saturated carbocycles. The molecule has 0 aromatic rings. The molecular weight excluding hydrogens is 280 g/mol. The summed E-state index contributed by atoms with van der Waals surface area (Å²) in [7, 11) is -1.63. The van der Waals surface area contributed by atoms with Gasteiger partial charge >= 0.3 is 0 Å². The van der Waals surface area contributed by atoms with Crippen molar-refractivity contribution >= 4 is 20.2 Å². The number of hydrogen-bond donors (Lipinski definition) is 0. The van der Waals surface area contributed by atoms with Crippen molar-refractivity contribution in [3.8, 4) is 0 Å². The summed E-state index contributed by atoms with van der Waals surface area (Å²) in [4.78, 5) is 9.54. The summed E-state index contributed by atoms with van der Waals surface area (Å²) >= 11 is 0. The number of ether oxygens (including phenoxy) is 2. The van der Waals surface area contributed by atoms with Gasteiger partial charge in [0.1, 0.15) is 0 Å². The lowest BCUT2D eigenvalue weighted by molar-refractivity contribution is 0.0148. The Bertz CT molecular complexity index is 419. The van der Waals surface area contributed by atoms with Gasteiger partial charge in [-0.15, -0.1) is 12.3 Å². The standard InChI is InChI=1S/C16H30N2O2Si/c1-8-19-15-16(20-9-2,12-21(6,7)10-3)17-11-14(18-15)13(4)5/h10-11,13-14H,3,8-9,12H2,1-2,4-7H3/t14-,16-/m0/s1. The third-order valence-corrected chi connectivity index (χ3v) is 6.13. The van der Waals surface area contributed by atoms with Crippen LogP contribution in [0.1, 0.15) is 27.7 Å². The Morgan fingerprint density at radius 3 is 2.52 bits per heavy atom. The highest BCUT2D eigenvalue weighted by Crippen LogP contribution is 2.32. The van der Waals surface area contributed by atoms with Crippen molar-refractivity contribution < 1.29 is 9.47 Å². The molecule has 0 bridgehead atoms. The van der Waals surface area contributed by atoms with Gasteiger partial charge in [0, 0.05) is 18.9 Å². The second-order valence-electron chi connectivity index (χ2n) is 6.47. The summed E-state index contributed by atoms with van der Waals surface area (Å²) in [6, 6.07) is 0.867. The predicted molar refractivity (Wildman–Crippen MR) is 93.0 cm³/mol. The molecule has 0 N–H and O–H groups in total. The fourth-order valence-corrected chi connectivity index (χ4v) is 4.05. The minimum atomic E-state index is -1.63. The molecule has 1 heterocycles. The van der Waals surface area contributed by atoms with E-state index in [2.05, 4.69) is 39.2 Å². The molecule has 1 rings (SSSR count). The first-order chi connectivity index (χ1) is 9.80. The van der Waals surface area contributed by atoms with E-state index in [-0.39, 0.29) is 6.04 Å². The van der Waals surface area contributed by atoms with E-state index >= 15 is 0 Å². The van der Waals surface area contributed by atoms with Crippen LogP contribution in [0.25, 0.3) is 0 Å². The lowest BCUT2D eigenvalue weighted by Gasteiger charge is -2.37. The van der Waals surface area contributed by atoms with Gasteiger partial charge in [0.25, 0.3) is 0 Å². The zero-order valence-electron chi connectivity index (χ0n) is 14.3. The van der Waals surface area contributed by atoms with E-state index < -0.39 is 13.8 Å². The molecule has 0 aromatic carbocycles. The number of aliphatic imine (C=N–C) groups is 2. The van der Waals surface area contributed by atoms with Crippen LogP contribution >= 0.6 is 0 Å². The van der Waals surface area contributed by atoms with Crippen molar-refractivity contribution in [1.29, 1.82) is 0 Å². The Balaban J connectivity index is 3.18. The van der Waals surface area contributed by atoms with Gasteiger partial charge in [-0.05, 0) is 19.8 Å². The highest BCUT2D eigenvalue weighted by Gasteiger charge is 2.45. The molecule has 0 aromatic heterocycles. The Morgan fingerprint density at radius 2 is 2.05 bits per heavy atom. The van der Waals surface area contributed by atoms with E-state index in [4.69, 9.17) is 19.5 Å². The maximum Gasteiger partial charge on any atom is 0.240 e. The van der Waals surface area contributed by atoms with Crippen molar-refractivity contribution in [3.63, 3.8) is 0 Å². The van der Waals surface area contributed by atoms with Crippen LogP contribution in [0.15, 0.2) is 22.3 Å². The first-order valence-corrected chi connectivity index (χ1v) is 11.1. The summed E-state index contributed by atoms with van der Waals surface area (Å²) in [5, 5.41) is 0. The van der Waals surface area contributed by atoms with Crippen LogP contribution < -0.4 is 0 Å². The van der Waals surface area contributed by atoms with Gasteiger partial charge in [0.15, 0.2) is 0 Å². The average Bonchev–Trinajstić information content (AvgIpc) is 2.41. The first-order valence-electron chi connectivity index (χ1n) is 7.84.